The van der Waals surface area contributed by atoms with E-state index in [1.807, 2.05) is 0 Å². The molecule has 1 unspecified atom stereocenters. The van der Waals surface area contributed by atoms with E-state index in [4.69, 9.17) is 4.42 Å². The Hall–Kier alpha value is -2.14. The van der Waals surface area contributed by atoms with Crippen LogP contribution in [0.15, 0.2) is 28.9 Å². The van der Waals surface area contributed by atoms with Gasteiger partial charge in [-0.3, -0.25) is 9.69 Å². The smallest absolute Gasteiger partial charge is 0.273 e. The zero-order valence-electron chi connectivity index (χ0n) is 17.1. The molecule has 3 rings (SSSR count). The highest BCUT2D eigenvalue weighted by Crippen LogP contribution is 2.21. The van der Waals surface area contributed by atoms with Crippen molar-refractivity contribution in [1.82, 2.24) is 15.2 Å². The molecule has 0 radical (unpaired) electrons. The third-order valence-electron chi connectivity index (χ3n) is 5.45. The molecule has 1 N–H and O–H groups in total. The van der Waals surface area contributed by atoms with Gasteiger partial charge in [-0.05, 0) is 50.7 Å². The molecule has 146 valence electrons. The Balaban J connectivity index is 1.73. The van der Waals surface area contributed by atoms with E-state index in [2.05, 4.69) is 68.0 Å². The first-order valence-corrected chi connectivity index (χ1v) is 9.89. The maximum atomic E-state index is 12.2. The first-order chi connectivity index (χ1) is 12.8. The summed E-state index contributed by atoms with van der Waals surface area (Å²) in [5.41, 5.74) is 4.26. The number of carbonyl (C=O) groups excluding carboxylic acids is 1. The Labute approximate surface area is 162 Å². The summed E-state index contributed by atoms with van der Waals surface area (Å²) in [5, 5.41) is 2.96. The van der Waals surface area contributed by atoms with E-state index in [1.165, 1.54) is 23.0 Å². The average Bonchev–Trinajstić information content (AvgIpc) is 3.30. The Morgan fingerprint density at radius 2 is 2.00 bits per heavy atom. The Kier molecular flexibility index (Phi) is 6.00. The Bertz CT molecular complexity index is 793. The summed E-state index contributed by atoms with van der Waals surface area (Å²) in [6.07, 6.45) is 3.60. The van der Waals surface area contributed by atoms with Gasteiger partial charge >= 0.3 is 0 Å². The Morgan fingerprint density at radius 1 is 1.26 bits per heavy atom. The highest BCUT2D eigenvalue weighted by molar-refractivity contribution is 5.92. The number of rotatable bonds is 8. The zero-order chi connectivity index (χ0) is 19.6. The minimum atomic E-state index is -0.134. The number of hydrogen-bond donors (Lipinski definition) is 1. The second-order valence-corrected chi connectivity index (χ2v) is 8.19. The SMILES string of the molecule is Cc1ccc(CN(Cc2nc(C(=O)NC3CC3)co2)C(C)C(C)C)c(C)c1. The molecule has 1 aromatic heterocycles. The third-order valence-corrected chi connectivity index (χ3v) is 5.45. The molecule has 1 heterocycles. The second kappa shape index (κ2) is 8.26. The van der Waals surface area contributed by atoms with Gasteiger partial charge in [0.15, 0.2) is 5.69 Å². The van der Waals surface area contributed by atoms with Gasteiger partial charge in [0, 0.05) is 18.6 Å². The van der Waals surface area contributed by atoms with Gasteiger partial charge in [0.1, 0.15) is 6.26 Å². The van der Waals surface area contributed by atoms with Gasteiger partial charge in [-0.1, -0.05) is 37.6 Å². The number of carbonyl (C=O) groups is 1. The van der Waals surface area contributed by atoms with Crippen molar-refractivity contribution >= 4 is 5.91 Å². The van der Waals surface area contributed by atoms with E-state index in [9.17, 15) is 4.79 Å². The largest absolute Gasteiger partial charge is 0.447 e. The van der Waals surface area contributed by atoms with Crippen LogP contribution in [0.1, 0.15) is 66.7 Å². The molecule has 0 spiro atoms. The standard InChI is InChI=1S/C22H31N3O2/c1-14(2)17(5)25(11-18-7-6-15(3)10-16(18)4)12-21-24-20(13-27-21)22(26)23-19-8-9-19/h6-7,10,13-14,17,19H,8-9,11-12H2,1-5H3,(H,23,26). The molecule has 1 amide bonds. The molecule has 1 aliphatic carbocycles. The van der Waals surface area contributed by atoms with Crippen molar-refractivity contribution in [2.24, 2.45) is 5.92 Å². The second-order valence-electron chi connectivity index (χ2n) is 8.19. The molecule has 5 nitrogen and oxygen atoms in total. The molecule has 0 saturated heterocycles. The summed E-state index contributed by atoms with van der Waals surface area (Å²) in [4.78, 5) is 19.0. The average molecular weight is 370 g/mol. The first kappa shape index (κ1) is 19.6. The maximum Gasteiger partial charge on any atom is 0.273 e. The van der Waals surface area contributed by atoms with E-state index in [0.717, 1.165) is 19.4 Å². The van der Waals surface area contributed by atoms with Crippen molar-refractivity contribution in [3.8, 4) is 0 Å². The van der Waals surface area contributed by atoms with Crippen LogP contribution in [-0.4, -0.2) is 27.9 Å². The fourth-order valence-corrected chi connectivity index (χ4v) is 3.16. The molecule has 2 aromatic rings. The van der Waals surface area contributed by atoms with E-state index in [0.29, 0.717) is 36.1 Å². The summed E-state index contributed by atoms with van der Waals surface area (Å²) >= 11 is 0. The zero-order valence-corrected chi connectivity index (χ0v) is 17.1. The van der Waals surface area contributed by atoms with Crippen LogP contribution in [0.2, 0.25) is 0 Å². The summed E-state index contributed by atoms with van der Waals surface area (Å²) in [5.74, 6) is 0.960. The van der Waals surface area contributed by atoms with Crippen LogP contribution in [0.5, 0.6) is 0 Å². The highest BCUT2D eigenvalue weighted by Gasteiger charge is 2.26. The number of oxazole rings is 1. The number of aromatic nitrogens is 1. The lowest BCUT2D eigenvalue weighted by Crippen LogP contribution is -2.36. The molecule has 0 aliphatic heterocycles. The lowest BCUT2D eigenvalue weighted by atomic mass is 10.0. The number of benzene rings is 1. The van der Waals surface area contributed by atoms with Crippen LogP contribution in [-0.2, 0) is 13.1 Å². The summed E-state index contributed by atoms with van der Waals surface area (Å²) in [7, 11) is 0. The monoisotopic (exact) mass is 369 g/mol. The van der Waals surface area contributed by atoms with Crippen molar-refractivity contribution in [3.05, 3.63) is 52.7 Å². The molecule has 1 fully saturated rings. The number of nitrogens with zero attached hydrogens (tertiary/aromatic N) is 2. The van der Waals surface area contributed by atoms with Crippen LogP contribution in [0.3, 0.4) is 0 Å². The lowest BCUT2D eigenvalue weighted by Gasteiger charge is -2.31. The quantitative estimate of drug-likeness (QED) is 0.756. The van der Waals surface area contributed by atoms with E-state index >= 15 is 0 Å². The van der Waals surface area contributed by atoms with Crippen LogP contribution in [0.25, 0.3) is 0 Å². The van der Waals surface area contributed by atoms with Crippen LogP contribution in [0, 0.1) is 19.8 Å². The van der Waals surface area contributed by atoms with Crippen LogP contribution < -0.4 is 5.32 Å². The van der Waals surface area contributed by atoms with Gasteiger partial charge in [-0.15, -0.1) is 0 Å². The van der Waals surface area contributed by atoms with E-state index in [-0.39, 0.29) is 5.91 Å². The number of nitrogens with one attached hydrogen (secondary N) is 1. The molecule has 5 heteroatoms. The third kappa shape index (κ3) is 5.19. The minimum absolute atomic E-state index is 0.134. The van der Waals surface area contributed by atoms with Gasteiger partial charge in [-0.2, -0.15) is 0 Å². The molecule has 1 aromatic carbocycles. The van der Waals surface area contributed by atoms with Crippen molar-refractivity contribution in [2.45, 2.75) is 72.6 Å². The highest BCUT2D eigenvalue weighted by atomic mass is 16.3. The van der Waals surface area contributed by atoms with E-state index in [1.54, 1.807) is 0 Å². The molecular weight excluding hydrogens is 338 g/mol. The fraction of sp³-hybridized carbons (Fsp3) is 0.545. The van der Waals surface area contributed by atoms with Gasteiger partial charge in [-0.25, -0.2) is 4.98 Å². The number of aryl methyl sites for hydroxylation is 2. The minimum Gasteiger partial charge on any atom is -0.447 e. The van der Waals surface area contributed by atoms with E-state index < -0.39 is 0 Å². The number of hydrogen-bond acceptors (Lipinski definition) is 4. The molecule has 27 heavy (non-hydrogen) atoms. The van der Waals surface area contributed by atoms with Crippen molar-refractivity contribution < 1.29 is 9.21 Å². The maximum absolute atomic E-state index is 12.2. The van der Waals surface area contributed by atoms with Gasteiger partial charge < -0.3 is 9.73 Å². The lowest BCUT2D eigenvalue weighted by molar-refractivity contribution is 0.0946. The number of amides is 1. The molecule has 0 bridgehead atoms. The predicted octanol–water partition coefficient (Wildman–Crippen LogP) is 4.23. The summed E-state index contributed by atoms with van der Waals surface area (Å²) in [6.45, 7) is 12.4. The van der Waals surface area contributed by atoms with Crippen molar-refractivity contribution in [1.29, 1.82) is 0 Å². The molecule has 1 atom stereocenters. The Morgan fingerprint density at radius 3 is 2.63 bits per heavy atom. The van der Waals surface area contributed by atoms with Crippen LogP contribution >= 0.6 is 0 Å². The predicted molar refractivity (Wildman–Crippen MR) is 106 cm³/mol. The molecular formula is C22H31N3O2. The van der Waals surface area contributed by atoms with Crippen LogP contribution in [0.4, 0.5) is 0 Å². The van der Waals surface area contributed by atoms with Crippen molar-refractivity contribution in [3.63, 3.8) is 0 Å². The molecule has 1 saturated carbocycles. The topological polar surface area (TPSA) is 58.4 Å². The fourth-order valence-electron chi connectivity index (χ4n) is 3.16. The summed E-state index contributed by atoms with van der Waals surface area (Å²) < 4.78 is 5.62. The van der Waals surface area contributed by atoms with Gasteiger partial charge in [0.05, 0.1) is 6.54 Å². The summed E-state index contributed by atoms with van der Waals surface area (Å²) in [6, 6.07) is 7.26. The van der Waals surface area contributed by atoms with Gasteiger partial charge in [0.2, 0.25) is 5.89 Å². The van der Waals surface area contributed by atoms with Crippen molar-refractivity contribution in [2.75, 3.05) is 0 Å². The normalized spacial score (nSPS) is 15.4. The molecule has 1 aliphatic rings. The first-order valence-electron chi connectivity index (χ1n) is 9.89. The van der Waals surface area contributed by atoms with Gasteiger partial charge in [0.25, 0.3) is 5.91 Å².